The molecule has 2 aromatic rings. The van der Waals surface area contributed by atoms with Crippen LogP contribution >= 0.6 is 0 Å². The molecule has 2 fully saturated rings. The molecule has 2 aliphatic heterocycles. The minimum Gasteiger partial charge on any atom is -0.493 e. The number of methoxy groups -OCH3 is 2. The lowest BCUT2D eigenvalue weighted by atomic mass is 9.92. The number of aromatic nitrogens is 1. The highest BCUT2D eigenvalue weighted by atomic mass is 16.5. The molecule has 1 atom stereocenters. The topological polar surface area (TPSA) is 70.0 Å². The summed E-state index contributed by atoms with van der Waals surface area (Å²) in [4.78, 5) is 24.9. The molecule has 32 heavy (non-hydrogen) atoms. The van der Waals surface area contributed by atoms with Crippen LogP contribution < -0.4 is 15.2 Å². The van der Waals surface area contributed by atoms with Crippen LogP contribution in [0.25, 0.3) is 11.3 Å². The summed E-state index contributed by atoms with van der Waals surface area (Å²) in [5.41, 5.74) is 4.14. The Bertz CT molecular complexity index is 1120. The Hall–Kier alpha value is -2.64. The fourth-order valence-corrected chi connectivity index (χ4v) is 5.36. The average molecular weight is 439 g/mol. The van der Waals surface area contributed by atoms with Crippen molar-refractivity contribution in [2.45, 2.75) is 57.2 Å². The lowest BCUT2D eigenvalue weighted by Gasteiger charge is -2.41. The first-order valence-corrected chi connectivity index (χ1v) is 11.3. The van der Waals surface area contributed by atoms with Crippen molar-refractivity contribution in [2.24, 2.45) is 0 Å². The third-order valence-electron chi connectivity index (χ3n) is 7.05. The molecule has 1 saturated heterocycles. The first kappa shape index (κ1) is 21.2. The first-order valence-electron chi connectivity index (χ1n) is 11.3. The highest BCUT2D eigenvalue weighted by Gasteiger charge is 2.57. The second-order valence-corrected chi connectivity index (χ2v) is 9.14. The minimum absolute atomic E-state index is 0.130. The van der Waals surface area contributed by atoms with Crippen molar-refractivity contribution < 1.29 is 19.0 Å². The Morgan fingerprint density at radius 3 is 2.62 bits per heavy atom. The number of hydrogen-bond acceptors (Lipinski definition) is 6. The third kappa shape index (κ3) is 3.35. The van der Waals surface area contributed by atoms with Crippen molar-refractivity contribution in [3.63, 3.8) is 0 Å². The van der Waals surface area contributed by atoms with E-state index in [0.717, 1.165) is 54.7 Å². The number of rotatable bonds is 8. The van der Waals surface area contributed by atoms with Gasteiger partial charge in [0.2, 0.25) is 0 Å². The number of hydrogen-bond donors (Lipinski definition) is 0. The van der Waals surface area contributed by atoms with Crippen molar-refractivity contribution in [1.29, 1.82) is 0 Å². The van der Waals surface area contributed by atoms with Gasteiger partial charge in [-0.15, -0.1) is 0 Å². The van der Waals surface area contributed by atoms with Gasteiger partial charge >= 0.3 is 0 Å². The molecule has 5 rings (SSSR count). The maximum Gasteiger partial charge on any atom is 0.193 e. The predicted octanol–water partition coefficient (Wildman–Crippen LogP) is 3.60. The summed E-state index contributed by atoms with van der Waals surface area (Å²) < 4.78 is 18.8. The van der Waals surface area contributed by atoms with E-state index in [1.807, 2.05) is 0 Å². The summed E-state index contributed by atoms with van der Waals surface area (Å²) in [6, 6.07) is 6.05. The van der Waals surface area contributed by atoms with E-state index in [0.29, 0.717) is 19.8 Å². The lowest BCUT2D eigenvalue weighted by Crippen LogP contribution is -2.46. The van der Waals surface area contributed by atoms with E-state index >= 15 is 0 Å². The van der Waals surface area contributed by atoms with Gasteiger partial charge in [0.05, 0.1) is 36.1 Å². The van der Waals surface area contributed by atoms with Gasteiger partial charge in [0.15, 0.2) is 11.2 Å². The van der Waals surface area contributed by atoms with Crippen LogP contribution in [0, 0.1) is 0 Å². The van der Waals surface area contributed by atoms with Crippen LogP contribution in [0.4, 0.5) is 0 Å². The van der Waals surface area contributed by atoms with Crippen LogP contribution in [-0.4, -0.2) is 43.4 Å². The van der Waals surface area contributed by atoms with Crippen LogP contribution in [0.5, 0.6) is 5.75 Å². The molecule has 1 saturated carbocycles. The summed E-state index contributed by atoms with van der Waals surface area (Å²) in [7, 11) is 3.36. The standard InChI is InChI=1S/C25H30N2O5/c1-16(28)20-14-26-22(13-23(20)29)18-11-17(15-31-3)24(32-10-4-9-30-2)12-19(18)21-5-6-25(7-8-25)27(21)26/h11-14,21H,4-10,15H2,1-3H3/t21-/m1/s1. The largest absolute Gasteiger partial charge is 0.493 e. The number of carbonyl (C=O) groups excluding carboxylic acids is 1. The Morgan fingerprint density at radius 2 is 1.94 bits per heavy atom. The van der Waals surface area contributed by atoms with Gasteiger partial charge in [-0.25, -0.2) is 0 Å². The summed E-state index contributed by atoms with van der Waals surface area (Å²) in [6.45, 7) is 3.09. The van der Waals surface area contributed by atoms with E-state index in [9.17, 15) is 9.59 Å². The molecule has 3 heterocycles. The quantitative estimate of drug-likeness (QED) is 0.463. The van der Waals surface area contributed by atoms with Gasteiger partial charge in [-0.3, -0.25) is 19.3 Å². The molecule has 0 unspecified atom stereocenters. The number of fused-ring (bicyclic) bond motifs is 7. The Morgan fingerprint density at radius 1 is 1.12 bits per heavy atom. The van der Waals surface area contributed by atoms with Crippen molar-refractivity contribution in [2.75, 3.05) is 32.4 Å². The third-order valence-corrected chi connectivity index (χ3v) is 7.05. The zero-order valence-electron chi connectivity index (χ0n) is 19.0. The smallest absolute Gasteiger partial charge is 0.193 e. The Labute approximate surface area is 187 Å². The fourth-order valence-electron chi connectivity index (χ4n) is 5.36. The molecule has 170 valence electrons. The number of Topliss-reactive ketones (excluding diaryl/α,β-unsaturated/α-hetero) is 1. The number of benzene rings is 1. The SMILES string of the molecule is COCCCOc1cc2c(cc1COC)-c1cc(=O)c(C(C)=O)cn1N1[C@@H]2CCC12CC2. The molecular formula is C25H30N2O5. The van der Waals surface area contributed by atoms with Gasteiger partial charge in [0.1, 0.15) is 5.75 Å². The van der Waals surface area contributed by atoms with E-state index < -0.39 is 0 Å². The molecular weight excluding hydrogens is 408 g/mol. The van der Waals surface area contributed by atoms with Gasteiger partial charge in [0.25, 0.3) is 0 Å². The molecule has 1 aromatic heterocycles. The van der Waals surface area contributed by atoms with Gasteiger partial charge < -0.3 is 14.2 Å². The predicted molar refractivity (Wildman–Crippen MR) is 121 cm³/mol. The van der Waals surface area contributed by atoms with Crippen molar-refractivity contribution in [1.82, 2.24) is 4.68 Å². The lowest BCUT2D eigenvalue weighted by molar-refractivity contribution is 0.101. The summed E-state index contributed by atoms with van der Waals surface area (Å²) >= 11 is 0. The monoisotopic (exact) mass is 438 g/mol. The molecule has 7 heteroatoms. The van der Waals surface area contributed by atoms with Crippen molar-refractivity contribution in [3.8, 4) is 17.0 Å². The number of ketones is 1. The second kappa shape index (κ2) is 8.05. The van der Waals surface area contributed by atoms with Crippen LogP contribution in [-0.2, 0) is 16.1 Å². The maximum atomic E-state index is 12.8. The number of ether oxygens (including phenoxy) is 3. The molecule has 3 aliphatic rings. The molecule has 0 bridgehead atoms. The zero-order valence-corrected chi connectivity index (χ0v) is 19.0. The molecule has 1 aromatic carbocycles. The van der Waals surface area contributed by atoms with Crippen molar-refractivity contribution in [3.05, 3.63) is 51.3 Å². The van der Waals surface area contributed by atoms with Crippen LogP contribution in [0.15, 0.2) is 29.2 Å². The zero-order chi connectivity index (χ0) is 22.5. The van der Waals surface area contributed by atoms with E-state index in [2.05, 4.69) is 21.8 Å². The van der Waals surface area contributed by atoms with Gasteiger partial charge in [0, 0.05) is 50.6 Å². The summed E-state index contributed by atoms with van der Waals surface area (Å²) in [5.74, 6) is 0.631. The molecule has 7 nitrogen and oxygen atoms in total. The molecule has 1 spiro atoms. The van der Waals surface area contributed by atoms with Gasteiger partial charge in [-0.1, -0.05) is 0 Å². The average Bonchev–Trinajstić information content (AvgIpc) is 3.45. The van der Waals surface area contributed by atoms with Gasteiger partial charge in [-0.05, 0) is 50.3 Å². The number of carbonyl (C=O) groups is 1. The second-order valence-electron chi connectivity index (χ2n) is 9.14. The minimum atomic E-state index is -0.231. The molecule has 0 radical (unpaired) electrons. The highest BCUT2D eigenvalue weighted by Crippen LogP contribution is 2.58. The fraction of sp³-hybridized carbons (Fsp3) is 0.520. The van der Waals surface area contributed by atoms with E-state index in [1.165, 1.54) is 12.5 Å². The number of nitrogens with zero attached hydrogens (tertiary/aromatic N) is 2. The Kier molecular flexibility index (Phi) is 5.34. The van der Waals surface area contributed by atoms with E-state index in [4.69, 9.17) is 14.2 Å². The molecule has 1 aliphatic carbocycles. The maximum absolute atomic E-state index is 12.8. The highest BCUT2D eigenvalue weighted by molar-refractivity contribution is 5.94. The summed E-state index contributed by atoms with van der Waals surface area (Å²) in [6.07, 6.45) is 7.00. The molecule has 0 N–H and O–H groups in total. The first-order chi connectivity index (χ1) is 15.5. The Balaban J connectivity index is 1.66. The van der Waals surface area contributed by atoms with E-state index in [-0.39, 0.29) is 28.4 Å². The van der Waals surface area contributed by atoms with Gasteiger partial charge in [-0.2, -0.15) is 0 Å². The van der Waals surface area contributed by atoms with Crippen LogP contribution in [0.3, 0.4) is 0 Å². The number of pyridine rings is 1. The van der Waals surface area contributed by atoms with E-state index in [1.54, 1.807) is 26.5 Å². The van der Waals surface area contributed by atoms with Crippen LogP contribution in [0.2, 0.25) is 0 Å². The molecule has 0 amide bonds. The van der Waals surface area contributed by atoms with Crippen LogP contribution in [0.1, 0.15) is 66.6 Å². The summed E-state index contributed by atoms with van der Waals surface area (Å²) in [5, 5.41) is 2.42. The normalized spacial score (nSPS) is 19.5. The van der Waals surface area contributed by atoms with Crippen molar-refractivity contribution >= 4 is 5.78 Å².